The van der Waals surface area contributed by atoms with Crippen molar-refractivity contribution in [1.29, 1.82) is 0 Å². The van der Waals surface area contributed by atoms with Crippen LogP contribution in [0.25, 0.3) is 11.0 Å². The van der Waals surface area contributed by atoms with Crippen molar-refractivity contribution in [3.05, 3.63) is 65.4 Å². The van der Waals surface area contributed by atoms with Gasteiger partial charge in [0, 0.05) is 16.6 Å². The molecule has 20 heavy (non-hydrogen) atoms. The lowest BCUT2D eigenvalue weighted by molar-refractivity contribution is 0.522. The van der Waals surface area contributed by atoms with Gasteiger partial charge in [-0.15, -0.1) is 0 Å². The van der Waals surface area contributed by atoms with Crippen LogP contribution in [0.3, 0.4) is 0 Å². The number of anilines is 1. The molecule has 0 bridgehead atoms. The molecule has 0 saturated carbocycles. The highest BCUT2D eigenvalue weighted by molar-refractivity contribution is 5.82. The Balaban J connectivity index is 1.92. The molecule has 1 unspecified atom stereocenters. The molecule has 0 spiro atoms. The van der Waals surface area contributed by atoms with Crippen molar-refractivity contribution in [3.8, 4) is 0 Å². The van der Waals surface area contributed by atoms with E-state index in [9.17, 15) is 0 Å². The molecule has 1 atom stereocenters. The maximum Gasteiger partial charge on any atom is 0.134 e. The van der Waals surface area contributed by atoms with Crippen molar-refractivity contribution in [1.82, 2.24) is 0 Å². The largest absolute Gasteiger partial charge is 0.459 e. The third-order valence-electron chi connectivity index (χ3n) is 3.68. The molecule has 0 aliphatic heterocycles. The molecule has 1 heterocycles. The van der Waals surface area contributed by atoms with E-state index in [-0.39, 0.29) is 6.04 Å². The fourth-order valence-corrected chi connectivity index (χ4v) is 2.66. The molecule has 0 fully saturated rings. The van der Waals surface area contributed by atoms with Crippen LogP contribution in [0, 0.1) is 13.8 Å². The summed E-state index contributed by atoms with van der Waals surface area (Å²) in [6, 6.07) is 16.7. The minimum Gasteiger partial charge on any atom is -0.459 e. The van der Waals surface area contributed by atoms with Crippen LogP contribution in [-0.4, -0.2) is 0 Å². The van der Waals surface area contributed by atoms with Crippen molar-refractivity contribution in [3.63, 3.8) is 0 Å². The second kappa shape index (κ2) is 5.04. The Labute approximate surface area is 119 Å². The fourth-order valence-electron chi connectivity index (χ4n) is 2.66. The maximum atomic E-state index is 6.00. The van der Waals surface area contributed by atoms with Crippen LogP contribution < -0.4 is 5.32 Å². The summed E-state index contributed by atoms with van der Waals surface area (Å²) in [5.74, 6) is 1.01. The third-order valence-corrected chi connectivity index (χ3v) is 3.68. The molecule has 2 nitrogen and oxygen atoms in total. The van der Waals surface area contributed by atoms with Gasteiger partial charge in [0.2, 0.25) is 0 Å². The van der Waals surface area contributed by atoms with E-state index in [4.69, 9.17) is 4.42 Å². The highest BCUT2D eigenvalue weighted by Crippen LogP contribution is 2.30. The van der Waals surface area contributed by atoms with E-state index in [1.54, 1.807) is 0 Å². The Hall–Kier alpha value is -2.22. The van der Waals surface area contributed by atoms with Crippen LogP contribution in [0.4, 0.5) is 5.69 Å². The number of hydrogen-bond acceptors (Lipinski definition) is 2. The summed E-state index contributed by atoms with van der Waals surface area (Å²) in [5.41, 5.74) is 4.55. The molecule has 1 aromatic heterocycles. The fraction of sp³-hybridized carbons (Fsp3) is 0.222. The van der Waals surface area contributed by atoms with Gasteiger partial charge in [-0.05, 0) is 44.5 Å². The van der Waals surface area contributed by atoms with E-state index < -0.39 is 0 Å². The van der Waals surface area contributed by atoms with Gasteiger partial charge < -0.3 is 9.73 Å². The summed E-state index contributed by atoms with van der Waals surface area (Å²) in [7, 11) is 0. The van der Waals surface area contributed by atoms with Crippen LogP contribution in [-0.2, 0) is 0 Å². The molecule has 0 amide bonds. The normalized spacial score (nSPS) is 12.6. The van der Waals surface area contributed by atoms with Gasteiger partial charge in [-0.3, -0.25) is 0 Å². The van der Waals surface area contributed by atoms with Gasteiger partial charge in [-0.2, -0.15) is 0 Å². The molecule has 2 aromatic carbocycles. The third kappa shape index (κ3) is 2.29. The average molecular weight is 265 g/mol. The van der Waals surface area contributed by atoms with Crippen molar-refractivity contribution in [2.75, 3.05) is 5.32 Å². The van der Waals surface area contributed by atoms with Gasteiger partial charge in [-0.25, -0.2) is 0 Å². The number of hydrogen-bond donors (Lipinski definition) is 1. The zero-order valence-electron chi connectivity index (χ0n) is 12.1. The number of rotatable bonds is 3. The monoisotopic (exact) mass is 265 g/mol. The lowest BCUT2D eigenvalue weighted by Crippen LogP contribution is -2.06. The Morgan fingerprint density at radius 3 is 2.55 bits per heavy atom. The number of aryl methyl sites for hydroxylation is 2. The molecule has 0 radical (unpaired) electrons. The van der Waals surface area contributed by atoms with Gasteiger partial charge in [0.25, 0.3) is 0 Å². The van der Waals surface area contributed by atoms with Crippen LogP contribution in [0.15, 0.2) is 52.9 Å². The molecule has 3 rings (SSSR count). The summed E-state index contributed by atoms with van der Waals surface area (Å²) in [6.07, 6.45) is 0. The second-order valence-electron chi connectivity index (χ2n) is 5.32. The molecule has 0 aliphatic carbocycles. The van der Waals surface area contributed by atoms with Crippen LogP contribution >= 0.6 is 0 Å². The Bertz CT molecular complexity index is 742. The first-order valence-electron chi connectivity index (χ1n) is 6.96. The van der Waals surface area contributed by atoms with Crippen LogP contribution in [0.5, 0.6) is 0 Å². The molecular weight excluding hydrogens is 246 g/mol. The summed E-state index contributed by atoms with van der Waals surface area (Å²) in [4.78, 5) is 0. The summed E-state index contributed by atoms with van der Waals surface area (Å²) < 4.78 is 6.00. The topological polar surface area (TPSA) is 25.2 Å². The summed E-state index contributed by atoms with van der Waals surface area (Å²) in [6.45, 7) is 6.35. The smallest absolute Gasteiger partial charge is 0.134 e. The lowest BCUT2D eigenvalue weighted by Gasteiger charge is -2.14. The number of nitrogens with one attached hydrogen (secondary N) is 1. The maximum absolute atomic E-state index is 6.00. The van der Waals surface area contributed by atoms with E-state index in [0.29, 0.717) is 0 Å². The zero-order chi connectivity index (χ0) is 14.1. The predicted molar refractivity (Wildman–Crippen MR) is 84.2 cm³/mol. The van der Waals surface area contributed by atoms with Gasteiger partial charge in [-0.1, -0.05) is 30.3 Å². The van der Waals surface area contributed by atoms with Gasteiger partial charge in [0.1, 0.15) is 11.3 Å². The summed E-state index contributed by atoms with van der Waals surface area (Å²) in [5, 5.41) is 4.70. The minimum atomic E-state index is 0.143. The highest BCUT2D eigenvalue weighted by atomic mass is 16.3. The van der Waals surface area contributed by atoms with Gasteiger partial charge >= 0.3 is 0 Å². The standard InChI is InChI=1S/C18H19NO/c1-12-7-6-8-15(11-12)19-14(3)18-13(2)16-9-4-5-10-17(16)20-18/h4-11,14,19H,1-3H3. The number of para-hydroxylation sites is 1. The second-order valence-corrected chi connectivity index (χ2v) is 5.32. The van der Waals surface area contributed by atoms with E-state index >= 15 is 0 Å². The Kier molecular flexibility index (Phi) is 3.23. The van der Waals surface area contributed by atoms with Crippen molar-refractivity contribution >= 4 is 16.7 Å². The Morgan fingerprint density at radius 1 is 1.00 bits per heavy atom. The molecule has 102 valence electrons. The average Bonchev–Trinajstić information content (AvgIpc) is 2.77. The Morgan fingerprint density at radius 2 is 1.80 bits per heavy atom. The summed E-state index contributed by atoms with van der Waals surface area (Å²) >= 11 is 0. The zero-order valence-corrected chi connectivity index (χ0v) is 12.1. The molecule has 0 aliphatic rings. The molecular formula is C18H19NO. The molecule has 3 aromatic rings. The van der Waals surface area contributed by atoms with E-state index in [1.807, 2.05) is 18.2 Å². The molecule has 1 N–H and O–H groups in total. The van der Waals surface area contributed by atoms with Crippen molar-refractivity contribution in [2.24, 2.45) is 0 Å². The van der Waals surface area contributed by atoms with E-state index in [2.05, 4.69) is 56.4 Å². The minimum absolute atomic E-state index is 0.143. The molecule has 0 saturated heterocycles. The van der Waals surface area contributed by atoms with E-state index in [1.165, 1.54) is 16.5 Å². The van der Waals surface area contributed by atoms with Crippen LogP contribution in [0.1, 0.15) is 29.9 Å². The first-order chi connectivity index (χ1) is 9.65. The quantitative estimate of drug-likeness (QED) is 0.702. The number of benzene rings is 2. The van der Waals surface area contributed by atoms with Crippen molar-refractivity contribution in [2.45, 2.75) is 26.8 Å². The lowest BCUT2D eigenvalue weighted by atomic mass is 10.1. The predicted octanol–water partition coefficient (Wildman–Crippen LogP) is 5.22. The number of furan rings is 1. The van der Waals surface area contributed by atoms with Crippen molar-refractivity contribution < 1.29 is 4.42 Å². The highest BCUT2D eigenvalue weighted by Gasteiger charge is 2.16. The number of fused-ring (bicyclic) bond motifs is 1. The van der Waals surface area contributed by atoms with Crippen LogP contribution in [0.2, 0.25) is 0 Å². The SMILES string of the molecule is Cc1cccc(NC(C)c2oc3ccccc3c2C)c1. The first kappa shape index (κ1) is 12.8. The first-order valence-corrected chi connectivity index (χ1v) is 6.96. The molecule has 2 heteroatoms. The van der Waals surface area contributed by atoms with E-state index in [0.717, 1.165) is 17.0 Å². The van der Waals surface area contributed by atoms with Gasteiger partial charge in [0.15, 0.2) is 0 Å². The van der Waals surface area contributed by atoms with Gasteiger partial charge in [0.05, 0.1) is 6.04 Å².